The number of aliphatic hydroxyl groups excluding tert-OH is 1. The van der Waals surface area contributed by atoms with Gasteiger partial charge in [-0.1, -0.05) is 13.8 Å². The molecule has 14 heavy (non-hydrogen) atoms. The maximum atomic E-state index is 7.00. The highest BCUT2D eigenvalue weighted by atomic mass is 16.2. The molecule has 0 aliphatic carbocycles. The van der Waals surface area contributed by atoms with E-state index in [1.54, 1.807) is 0 Å². The fourth-order valence-corrected chi connectivity index (χ4v) is 2.27. The average molecular weight is 202 g/mol. The first-order valence-corrected chi connectivity index (χ1v) is 5.49. The third-order valence-corrected chi connectivity index (χ3v) is 3.16. The Morgan fingerprint density at radius 3 is 2.07 bits per heavy atom. The van der Waals surface area contributed by atoms with Crippen molar-refractivity contribution in [2.45, 2.75) is 32.2 Å². The maximum Gasteiger partial charge on any atom is 0.0457 e. The Bertz CT molecular complexity index is 144. The summed E-state index contributed by atoms with van der Waals surface area (Å²) in [6.45, 7) is 8.29. The summed E-state index contributed by atoms with van der Waals surface area (Å²) in [5.74, 6) is 0. The van der Waals surface area contributed by atoms with Crippen LogP contribution in [0.15, 0.2) is 0 Å². The van der Waals surface area contributed by atoms with Gasteiger partial charge in [-0.25, -0.2) is 0 Å². The number of aliphatic hydroxyl groups is 1. The molecule has 0 bridgehead atoms. The van der Waals surface area contributed by atoms with Gasteiger partial charge >= 0.3 is 0 Å². The molecule has 1 heterocycles. The zero-order valence-corrected chi connectivity index (χ0v) is 10.4. The topological polar surface area (TPSA) is 26.7 Å². The Morgan fingerprint density at radius 1 is 1.29 bits per heavy atom. The summed E-state index contributed by atoms with van der Waals surface area (Å²) in [6, 6.07) is 0. The molecule has 1 rings (SSSR count). The molecule has 1 N–H and O–H groups in total. The smallest absolute Gasteiger partial charge is 0.0457 e. The first kappa shape index (κ1) is 13.9. The van der Waals surface area contributed by atoms with Crippen LogP contribution in [0, 0.1) is 0 Å². The van der Waals surface area contributed by atoms with E-state index in [-0.39, 0.29) is 0 Å². The summed E-state index contributed by atoms with van der Waals surface area (Å²) in [4.78, 5) is 4.93. The highest BCUT2D eigenvalue weighted by Crippen LogP contribution is 2.28. The molecule has 0 saturated carbocycles. The van der Waals surface area contributed by atoms with Gasteiger partial charge in [-0.15, -0.1) is 0 Å². The van der Waals surface area contributed by atoms with Crippen LogP contribution in [-0.4, -0.2) is 61.3 Å². The largest absolute Gasteiger partial charge is 0.400 e. The summed E-state index contributed by atoms with van der Waals surface area (Å²) in [5, 5.41) is 7.00. The zero-order chi connectivity index (χ0) is 11.2. The van der Waals surface area contributed by atoms with Gasteiger partial charge in [0, 0.05) is 25.7 Å². The fraction of sp³-hybridized carbons (Fsp3) is 1.00. The summed E-state index contributed by atoms with van der Waals surface area (Å²) in [7, 11) is 5.47. The van der Waals surface area contributed by atoms with Gasteiger partial charge in [-0.2, -0.15) is 0 Å². The molecule has 1 saturated heterocycles. The normalized spacial score (nSPS) is 19.9. The standard InChI is InChI=1S/C10H22N2.CH4O/c1-5-7-12(4)10(6-2)8-11(3)9-10;1-2/h5-9H2,1-4H3;2H,1H3. The minimum absolute atomic E-state index is 0.505. The molecule has 0 aromatic heterocycles. The molecule has 0 atom stereocenters. The predicted molar refractivity (Wildman–Crippen MR) is 61.6 cm³/mol. The lowest BCUT2D eigenvalue weighted by molar-refractivity contribution is -0.0300. The van der Waals surface area contributed by atoms with E-state index in [2.05, 4.69) is 37.7 Å². The van der Waals surface area contributed by atoms with Gasteiger partial charge in [0.1, 0.15) is 0 Å². The number of likely N-dealkylation sites (N-methyl/N-ethyl adjacent to an activating group) is 2. The van der Waals surface area contributed by atoms with E-state index in [9.17, 15) is 0 Å². The molecule has 0 radical (unpaired) electrons. The Hall–Kier alpha value is -0.120. The summed E-state index contributed by atoms with van der Waals surface area (Å²) < 4.78 is 0. The van der Waals surface area contributed by atoms with Crippen LogP contribution >= 0.6 is 0 Å². The average Bonchev–Trinajstić information content (AvgIpc) is 2.16. The highest BCUT2D eigenvalue weighted by molar-refractivity contribution is 5.00. The van der Waals surface area contributed by atoms with Gasteiger partial charge in [-0.05, 0) is 33.5 Å². The van der Waals surface area contributed by atoms with Crippen molar-refractivity contribution in [3.8, 4) is 0 Å². The first-order valence-electron chi connectivity index (χ1n) is 5.49. The van der Waals surface area contributed by atoms with Crippen molar-refractivity contribution < 1.29 is 5.11 Å². The van der Waals surface area contributed by atoms with Crippen LogP contribution in [0.25, 0.3) is 0 Å². The molecular formula is C11H26N2O. The molecule has 86 valence electrons. The molecule has 0 aromatic carbocycles. The molecule has 3 heteroatoms. The Labute approximate surface area is 88.7 Å². The first-order chi connectivity index (χ1) is 6.64. The fourth-order valence-electron chi connectivity index (χ4n) is 2.27. The SMILES string of the molecule is CCCN(C)C1(CC)CN(C)C1.CO. The van der Waals surface area contributed by atoms with Gasteiger partial charge in [0.2, 0.25) is 0 Å². The molecule has 1 aliphatic heterocycles. The van der Waals surface area contributed by atoms with Crippen LogP contribution in [0.4, 0.5) is 0 Å². The summed E-state index contributed by atoms with van der Waals surface area (Å²) >= 11 is 0. The molecule has 3 nitrogen and oxygen atoms in total. The van der Waals surface area contributed by atoms with Crippen molar-refractivity contribution in [1.29, 1.82) is 0 Å². The zero-order valence-electron chi connectivity index (χ0n) is 10.4. The molecule has 0 amide bonds. The lowest BCUT2D eigenvalue weighted by atomic mass is 9.86. The van der Waals surface area contributed by atoms with E-state index in [4.69, 9.17) is 5.11 Å². The minimum Gasteiger partial charge on any atom is -0.400 e. The van der Waals surface area contributed by atoms with Crippen LogP contribution < -0.4 is 0 Å². The molecule has 0 unspecified atom stereocenters. The van der Waals surface area contributed by atoms with Crippen LogP contribution in [0.3, 0.4) is 0 Å². The number of hydrogen-bond donors (Lipinski definition) is 1. The van der Waals surface area contributed by atoms with Crippen molar-refractivity contribution in [3.63, 3.8) is 0 Å². The van der Waals surface area contributed by atoms with Gasteiger partial charge in [0.25, 0.3) is 0 Å². The van der Waals surface area contributed by atoms with Crippen molar-refractivity contribution in [2.24, 2.45) is 0 Å². The highest BCUT2D eigenvalue weighted by Gasteiger charge is 2.42. The molecule has 1 aliphatic rings. The Kier molecular flexibility index (Phi) is 6.33. The minimum atomic E-state index is 0.505. The number of nitrogens with zero attached hydrogens (tertiary/aromatic N) is 2. The number of likely N-dealkylation sites (tertiary alicyclic amines) is 1. The van der Waals surface area contributed by atoms with E-state index in [1.165, 1.54) is 32.5 Å². The molecular weight excluding hydrogens is 176 g/mol. The number of rotatable bonds is 4. The van der Waals surface area contributed by atoms with Crippen molar-refractivity contribution in [2.75, 3.05) is 40.8 Å². The van der Waals surface area contributed by atoms with Crippen molar-refractivity contribution in [3.05, 3.63) is 0 Å². The predicted octanol–water partition coefficient (Wildman–Crippen LogP) is 1.03. The Balaban J connectivity index is 0.000000791. The van der Waals surface area contributed by atoms with E-state index in [1.807, 2.05) is 0 Å². The molecule has 1 fully saturated rings. The van der Waals surface area contributed by atoms with Crippen LogP contribution in [0.2, 0.25) is 0 Å². The summed E-state index contributed by atoms with van der Waals surface area (Å²) in [5.41, 5.74) is 0.505. The monoisotopic (exact) mass is 202 g/mol. The molecule has 0 aromatic rings. The van der Waals surface area contributed by atoms with E-state index < -0.39 is 0 Å². The number of hydrogen-bond acceptors (Lipinski definition) is 3. The second kappa shape index (κ2) is 6.38. The third kappa shape index (κ3) is 2.94. The summed E-state index contributed by atoms with van der Waals surface area (Å²) in [6.07, 6.45) is 2.55. The van der Waals surface area contributed by atoms with Crippen LogP contribution in [0.5, 0.6) is 0 Å². The lowest BCUT2D eigenvalue weighted by Gasteiger charge is -2.53. The quantitative estimate of drug-likeness (QED) is 0.737. The van der Waals surface area contributed by atoms with Crippen molar-refractivity contribution in [1.82, 2.24) is 9.80 Å². The second-order valence-corrected chi connectivity index (χ2v) is 4.17. The Morgan fingerprint density at radius 2 is 1.79 bits per heavy atom. The van der Waals surface area contributed by atoms with Gasteiger partial charge in [0.15, 0.2) is 0 Å². The maximum absolute atomic E-state index is 7.00. The van der Waals surface area contributed by atoms with Crippen LogP contribution in [0.1, 0.15) is 26.7 Å². The molecule has 0 spiro atoms. The lowest BCUT2D eigenvalue weighted by Crippen LogP contribution is -2.67. The van der Waals surface area contributed by atoms with E-state index in [0.29, 0.717) is 5.54 Å². The van der Waals surface area contributed by atoms with Crippen LogP contribution in [-0.2, 0) is 0 Å². The van der Waals surface area contributed by atoms with E-state index in [0.717, 1.165) is 7.11 Å². The second-order valence-electron chi connectivity index (χ2n) is 4.17. The third-order valence-electron chi connectivity index (χ3n) is 3.16. The van der Waals surface area contributed by atoms with Gasteiger partial charge < -0.3 is 10.0 Å². The van der Waals surface area contributed by atoms with Crippen molar-refractivity contribution >= 4 is 0 Å². The van der Waals surface area contributed by atoms with E-state index >= 15 is 0 Å². The van der Waals surface area contributed by atoms with Gasteiger partial charge in [0.05, 0.1) is 0 Å². The van der Waals surface area contributed by atoms with Gasteiger partial charge in [-0.3, -0.25) is 4.90 Å².